The summed E-state index contributed by atoms with van der Waals surface area (Å²) in [5.41, 5.74) is 0.876. The summed E-state index contributed by atoms with van der Waals surface area (Å²) in [6.45, 7) is 3.20. The first-order chi connectivity index (χ1) is 9.23. The van der Waals surface area contributed by atoms with Crippen LogP contribution in [0.2, 0.25) is 0 Å². The maximum absolute atomic E-state index is 12.6. The van der Waals surface area contributed by atoms with Crippen LogP contribution in [0.4, 0.5) is 8.78 Å². The predicted octanol–water partition coefficient (Wildman–Crippen LogP) is 5.20. The monoisotopic (exact) mass is 408 g/mol. The molecule has 0 heterocycles. The molecule has 0 atom stereocenters. The normalized spacial score (nSPS) is 9.90. The number of phenols is 2. The molecule has 0 aromatic heterocycles. The predicted molar refractivity (Wildman–Crippen MR) is 81.0 cm³/mol. The van der Waals surface area contributed by atoms with Crippen LogP contribution in [0.25, 0.3) is 0 Å². The molecular weight excluding hydrogens is 398 g/mol. The minimum Gasteiger partial charge on any atom is -0.507 e. The number of rotatable bonds is 0. The second-order valence-corrected chi connectivity index (χ2v) is 5.71. The molecule has 2 N–H and O–H groups in total. The second-order valence-electron chi connectivity index (χ2n) is 4.06. The van der Waals surface area contributed by atoms with E-state index in [2.05, 4.69) is 31.9 Å². The SMILES string of the molecule is Cc1c(F)ccc(O)c1Br.Cc1cc(O)c(Br)cc1F. The van der Waals surface area contributed by atoms with Crippen molar-refractivity contribution >= 4 is 31.9 Å². The average molecular weight is 410 g/mol. The van der Waals surface area contributed by atoms with E-state index >= 15 is 0 Å². The van der Waals surface area contributed by atoms with Crippen molar-refractivity contribution < 1.29 is 19.0 Å². The van der Waals surface area contributed by atoms with E-state index < -0.39 is 0 Å². The highest BCUT2D eigenvalue weighted by atomic mass is 79.9. The molecule has 20 heavy (non-hydrogen) atoms. The molecule has 0 saturated carbocycles. The van der Waals surface area contributed by atoms with Gasteiger partial charge in [-0.1, -0.05) is 0 Å². The number of hydrogen-bond acceptors (Lipinski definition) is 2. The molecule has 0 unspecified atom stereocenters. The van der Waals surface area contributed by atoms with Gasteiger partial charge in [0.1, 0.15) is 23.1 Å². The van der Waals surface area contributed by atoms with Crippen molar-refractivity contribution in [1.29, 1.82) is 0 Å². The summed E-state index contributed by atoms with van der Waals surface area (Å²) in [5, 5.41) is 18.0. The van der Waals surface area contributed by atoms with Crippen molar-refractivity contribution in [2.24, 2.45) is 0 Å². The molecule has 0 saturated heterocycles. The molecule has 2 aromatic carbocycles. The number of phenolic OH excluding ortho intramolecular Hbond substituents is 2. The van der Waals surface area contributed by atoms with E-state index in [-0.39, 0.29) is 23.1 Å². The van der Waals surface area contributed by atoms with Crippen LogP contribution in [-0.2, 0) is 0 Å². The minimum atomic E-state index is -0.315. The van der Waals surface area contributed by atoms with Crippen molar-refractivity contribution in [1.82, 2.24) is 0 Å². The minimum absolute atomic E-state index is 0.0684. The Morgan fingerprint density at radius 1 is 0.900 bits per heavy atom. The Hall–Kier alpha value is -1.14. The standard InChI is InChI=1S/2C7H6BrFO/c1-4-2-7(10)5(8)3-6(4)9;1-4-5(9)2-3-6(10)7(4)8/h2*2-3,10H,1H3. The third-order valence-electron chi connectivity index (χ3n) is 2.53. The smallest absolute Gasteiger partial charge is 0.130 e. The van der Waals surface area contributed by atoms with Crippen molar-refractivity contribution in [2.45, 2.75) is 13.8 Å². The average Bonchev–Trinajstić information content (AvgIpc) is 2.39. The highest BCUT2D eigenvalue weighted by molar-refractivity contribution is 9.11. The summed E-state index contributed by atoms with van der Waals surface area (Å²) in [4.78, 5) is 0. The van der Waals surface area contributed by atoms with Crippen molar-refractivity contribution in [3.05, 3.63) is 56.0 Å². The molecule has 2 aromatic rings. The van der Waals surface area contributed by atoms with Gasteiger partial charge in [-0.3, -0.25) is 0 Å². The van der Waals surface area contributed by atoms with Crippen LogP contribution in [0.3, 0.4) is 0 Å². The van der Waals surface area contributed by atoms with Gasteiger partial charge in [0.05, 0.1) is 8.95 Å². The van der Waals surface area contributed by atoms with Crippen LogP contribution in [0.15, 0.2) is 33.2 Å². The highest BCUT2D eigenvalue weighted by Crippen LogP contribution is 2.28. The molecule has 0 spiro atoms. The maximum atomic E-state index is 12.6. The number of aryl methyl sites for hydroxylation is 1. The van der Waals surface area contributed by atoms with Gasteiger partial charge in [-0.2, -0.15) is 0 Å². The Kier molecular flexibility index (Phi) is 5.95. The fourth-order valence-electron chi connectivity index (χ4n) is 1.29. The van der Waals surface area contributed by atoms with E-state index in [0.717, 1.165) is 0 Å². The van der Waals surface area contributed by atoms with Crippen LogP contribution in [-0.4, -0.2) is 10.2 Å². The lowest BCUT2D eigenvalue weighted by molar-refractivity contribution is 0.468. The molecule has 2 rings (SSSR count). The van der Waals surface area contributed by atoms with Gasteiger partial charge in [-0.25, -0.2) is 8.78 Å². The zero-order valence-corrected chi connectivity index (χ0v) is 13.9. The molecule has 108 valence electrons. The van der Waals surface area contributed by atoms with Crippen LogP contribution < -0.4 is 0 Å². The van der Waals surface area contributed by atoms with E-state index in [4.69, 9.17) is 10.2 Å². The van der Waals surface area contributed by atoms with Gasteiger partial charge >= 0.3 is 0 Å². The van der Waals surface area contributed by atoms with E-state index in [0.29, 0.717) is 20.1 Å². The number of hydrogen-bond donors (Lipinski definition) is 2. The molecule has 0 aliphatic heterocycles. The number of halogens is 4. The summed E-state index contributed by atoms with van der Waals surface area (Å²) in [6.07, 6.45) is 0. The molecule has 0 amide bonds. The molecule has 0 aliphatic carbocycles. The van der Waals surface area contributed by atoms with Gasteiger partial charge in [0.2, 0.25) is 0 Å². The lowest BCUT2D eigenvalue weighted by Crippen LogP contribution is -1.82. The second kappa shape index (κ2) is 7.04. The molecule has 0 bridgehead atoms. The quantitative estimate of drug-likeness (QED) is 0.627. The van der Waals surface area contributed by atoms with Gasteiger partial charge in [0.25, 0.3) is 0 Å². The lowest BCUT2D eigenvalue weighted by Gasteiger charge is -2.00. The van der Waals surface area contributed by atoms with Crippen molar-refractivity contribution in [3.8, 4) is 11.5 Å². The first-order valence-electron chi connectivity index (χ1n) is 5.52. The van der Waals surface area contributed by atoms with Crippen molar-refractivity contribution in [3.63, 3.8) is 0 Å². The van der Waals surface area contributed by atoms with E-state index in [1.54, 1.807) is 13.8 Å². The van der Waals surface area contributed by atoms with Gasteiger partial charge in [0, 0.05) is 5.56 Å². The summed E-state index contributed by atoms with van der Waals surface area (Å²) < 4.78 is 26.0. The first kappa shape index (κ1) is 16.9. The lowest BCUT2D eigenvalue weighted by atomic mass is 10.2. The Balaban J connectivity index is 0.000000200. The van der Waals surface area contributed by atoms with E-state index in [9.17, 15) is 8.78 Å². The molecular formula is C14H12Br2F2O2. The number of aromatic hydroxyl groups is 2. The zero-order valence-electron chi connectivity index (χ0n) is 10.7. The molecule has 2 nitrogen and oxygen atoms in total. The zero-order chi connectivity index (χ0) is 15.4. The van der Waals surface area contributed by atoms with Crippen LogP contribution >= 0.6 is 31.9 Å². The summed E-state index contributed by atoms with van der Waals surface area (Å²) in [6, 6.07) is 5.16. The fourth-order valence-corrected chi connectivity index (χ4v) is 1.93. The van der Waals surface area contributed by atoms with Crippen LogP contribution in [0, 0.1) is 25.5 Å². The number of benzene rings is 2. The summed E-state index contributed by atoms with van der Waals surface area (Å²) in [5.74, 6) is -0.493. The molecule has 6 heteroatoms. The Morgan fingerprint density at radius 2 is 1.50 bits per heavy atom. The van der Waals surface area contributed by atoms with Gasteiger partial charge < -0.3 is 10.2 Å². The van der Waals surface area contributed by atoms with Crippen LogP contribution in [0.1, 0.15) is 11.1 Å². The largest absolute Gasteiger partial charge is 0.507 e. The molecule has 0 aliphatic rings. The van der Waals surface area contributed by atoms with E-state index in [1.165, 1.54) is 24.3 Å². The van der Waals surface area contributed by atoms with E-state index in [1.807, 2.05) is 0 Å². The van der Waals surface area contributed by atoms with Gasteiger partial charge in [-0.05, 0) is 75.5 Å². The summed E-state index contributed by atoms with van der Waals surface area (Å²) in [7, 11) is 0. The van der Waals surface area contributed by atoms with Crippen LogP contribution in [0.5, 0.6) is 11.5 Å². The summed E-state index contributed by atoms with van der Waals surface area (Å²) >= 11 is 6.03. The third kappa shape index (κ3) is 4.18. The van der Waals surface area contributed by atoms with Crippen molar-refractivity contribution in [2.75, 3.05) is 0 Å². The molecule has 0 radical (unpaired) electrons. The maximum Gasteiger partial charge on any atom is 0.130 e. The van der Waals surface area contributed by atoms with Gasteiger partial charge in [0.15, 0.2) is 0 Å². The highest BCUT2D eigenvalue weighted by Gasteiger charge is 2.04. The fraction of sp³-hybridized carbons (Fsp3) is 0.143. The Labute approximate surface area is 132 Å². The first-order valence-corrected chi connectivity index (χ1v) is 7.10. The topological polar surface area (TPSA) is 40.5 Å². The Bertz CT molecular complexity index is 554. The third-order valence-corrected chi connectivity index (χ3v) is 4.16. The van der Waals surface area contributed by atoms with Gasteiger partial charge in [-0.15, -0.1) is 0 Å². The molecule has 0 fully saturated rings. The Morgan fingerprint density at radius 3 is 2.00 bits per heavy atom.